The van der Waals surface area contributed by atoms with Crippen molar-refractivity contribution < 1.29 is 18.3 Å². The van der Waals surface area contributed by atoms with Crippen molar-refractivity contribution in [3.63, 3.8) is 0 Å². The van der Waals surface area contributed by atoms with Gasteiger partial charge in [0.15, 0.2) is 11.6 Å². The van der Waals surface area contributed by atoms with Crippen LogP contribution in [0.5, 0.6) is 11.5 Å². The van der Waals surface area contributed by atoms with E-state index in [0.717, 1.165) is 30.1 Å². The van der Waals surface area contributed by atoms with E-state index in [4.69, 9.17) is 9.47 Å². The number of ether oxygens (including phenoxy) is 2. The van der Waals surface area contributed by atoms with Crippen LogP contribution in [0.1, 0.15) is 45.4 Å². The summed E-state index contributed by atoms with van der Waals surface area (Å²) in [6.07, 6.45) is 8.02. The van der Waals surface area contributed by atoms with Crippen LogP contribution in [0.15, 0.2) is 36.4 Å². The molecule has 29 heavy (non-hydrogen) atoms. The molecule has 0 N–H and O–H groups in total. The lowest BCUT2D eigenvalue weighted by atomic mass is 9.87. The highest BCUT2D eigenvalue weighted by molar-refractivity contribution is 5.66. The fourth-order valence-corrected chi connectivity index (χ4v) is 5.62. The van der Waals surface area contributed by atoms with Crippen LogP contribution in [-0.4, -0.2) is 13.7 Å². The van der Waals surface area contributed by atoms with Crippen LogP contribution in [0, 0.1) is 35.3 Å². The molecule has 2 saturated carbocycles. The Hall–Kier alpha value is -2.10. The van der Waals surface area contributed by atoms with Crippen LogP contribution in [0.2, 0.25) is 0 Å². The Morgan fingerprint density at radius 3 is 2.24 bits per heavy atom. The lowest BCUT2D eigenvalue weighted by Gasteiger charge is -2.21. The molecule has 2 aromatic carbocycles. The van der Waals surface area contributed by atoms with Crippen molar-refractivity contribution in [3.8, 4) is 22.6 Å². The normalized spacial score (nSPS) is 25.8. The fourth-order valence-electron chi connectivity index (χ4n) is 5.62. The molecule has 0 aromatic heterocycles. The summed E-state index contributed by atoms with van der Waals surface area (Å²) in [5.74, 6) is 2.14. The molecular formula is C25H30F2O2. The first kappa shape index (κ1) is 20.2. The van der Waals surface area contributed by atoms with E-state index in [9.17, 15) is 8.78 Å². The van der Waals surface area contributed by atoms with Gasteiger partial charge in [-0.3, -0.25) is 0 Å². The Kier molecular flexibility index (Phi) is 6.07. The van der Waals surface area contributed by atoms with Gasteiger partial charge in [0.25, 0.3) is 0 Å². The van der Waals surface area contributed by atoms with Crippen molar-refractivity contribution in [2.45, 2.75) is 45.4 Å². The van der Waals surface area contributed by atoms with E-state index < -0.39 is 11.6 Å². The SMILES string of the molecule is CCCC1CCC2C(COc3ccc(-c4ccc(OC)c(F)c4F)cc3)CCC12. The molecule has 0 heterocycles. The van der Waals surface area contributed by atoms with Crippen molar-refractivity contribution in [3.05, 3.63) is 48.0 Å². The summed E-state index contributed by atoms with van der Waals surface area (Å²) in [6, 6.07) is 10.2. The van der Waals surface area contributed by atoms with Gasteiger partial charge >= 0.3 is 0 Å². The van der Waals surface area contributed by atoms with E-state index in [2.05, 4.69) is 6.92 Å². The van der Waals surface area contributed by atoms with Crippen LogP contribution in [0.4, 0.5) is 8.78 Å². The average molecular weight is 401 g/mol. The topological polar surface area (TPSA) is 18.5 Å². The Balaban J connectivity index is 1.38. The van der Waals surface area contributed by atoms with Gasteiger partial charge in [-0.15, -0.1) is 0 Å². The van der Waals surface area contributed by atoms with Gasteiger partial charge in [0.05, 0.1) is 13.7 Å². The Labute approximate surface area is 172 Å². The number of methoxy groups -OCH3 is 1. The first-order valence-electron chi connectivity index (χ1n) is 10.9. The fraction of sp³-hybridized carbons (Fsp3) is 0.520. The zero-order chi connectivity index (χ0) is 20.4. The molecule has 156 valence electrons. The van der Waals surface area contributed by atoms with Crippen LogP contribution < -0.4 is 9.47 Å². The van der Waals surface area contributed by atoms with Crippen LogP contribution in [0.3, 0.4) is 0 Å². The number of rotatable bonds is 7. The van der Waals surface area contributed by atoms with E-state index in [-0.39, 0.29) is 11.3 Å². The number of hydrogen-bond donors (Lipinski definition) is 0. The summed E-state index contributed by atoms with van der Waals surface area (Å²) in [4.78, 5) is 0. The molecule has 2 aromatic rings. The molecule has 4 heteroatoms. The molecule has 0 amide bonds. The molecule has 0 saturated heterocycles. The van der Waals surface area contributed by atoms with Crippen LogP contribution in [-0.2, 0) is 0 Å². The Bertz CT molecular complexity index is 833. The van der Waals surface area contributed by atoms with Crippen molar-refractivity contribution >= 4 is 0 Å². The van der Waals surface area contributed by atoms with Gasteiger partial charge in [0.2, 0.25) is 5.82 Å². The molecular weight excluding hydrogens is 370 g/mol. The van der Waals surface area contributed by atoms with E-state index >= 15 is 0 Å². The molecule has 4 atom stereocenters. The number of hydrogen-bond acceptors (Lipinski definition) is 2. The smallest absolute Gasteiger partial charge is 0.201 e. The number of benzene rings is 2. The lowest BCUT2D eigenvalue weighted by molar-refractivity contribution is 0.201. The van der Waals surface area contributed by atoms with Crippen LogP contribution >= 0.6 is 0 Å². The monoisotopic (exact) mass is 400 g/mol. The summed E-state index contributed by atoms with van der Waals surface area (Å²) >= 11 is 0. The van der Waals surface area contributed by atoms with Gasteiger partial charge in [-0.05, 0) is 79.2 Å². The first-order chi connectivity index (χ1) is 14.1. The van der Waals surface area contributed by atoms with E-state index in [1.807, 2.05) is 12.1 Å². The summed E-state index contributed by atoms with van der Waals surface area (Å²) in [6.45, 7) is 3.05. The number of halogens is 2. The zero-order valence-corrected chi connectivity index (χ0v) is 17.3. The summed E-state index contributed by atoms with van der Waals surface area (Å²) < 4.78 is 39.2. The van der Waals surface area contributed by atoms with E-state index in [1.165, 1.54) is 51.7 Å². The van der Waals surface area contributed by atoms with E-state index in [0.29, 0.717) is 11.5 Å². The summed E-state index contributed by atoms with van der Waals surface area (Å²) in [5, 5.41) is 0. The second-order valence-corrected chi connectivity index (χ2v) is 8.57. The molecule has 0 radical (unpaired) electrons. The van der Waals surface area contributed by atoms with Crippen molar-refractivity contribution in [2.75, 3.05) is 13.7 Å². The third kappa shape index (κ3) is 3.99. The highest BCUT2D eigenvalue weighted by Crippen LogP contribution is 2.52. The largest absolute Gasteiger partial charge is 0.494 e. The van der Waals surface area contributed by atoms with Gasteiger partial charge in [-0.25, -0.2) is 4.39 Å². The molecule has 0 spiro atoms. The molecule has 2 fully saturated rings. The van der Waals surface area contributed by atoms with Crippen LogP contribution in [0.25, 0.3) is 11.1 Å². The lowest BCUT2D eigenvalue weighted by Crippen LogP contribution is -2.18. The predicted molar refractivity (Wildman–Crippen MR) is 111 cm³/mol. The zero-order valence-electron chi connectivity index (χ0n) is 17.3. The molecule has 0 aliphatic heterocycles. The van der Waals surface area contributed by atoms with Crippen molar-refractivity contribution in [2.24, 2.45) is 23.7 Å². The maximum atomic E-state index is 14.3. The minimum atomic E-state index is -0.959. The third-order valence-electron chi connectivity index (χ3n) is 7.06. The second kappa shape index (κ2) is 8.73. The highest BCUT2D eigenvalue weighted by Gasteiger charge is 2.44. The summed E-state index contributed by atoms with van der Waals surface area (Å²) in [5.41, 5.74) is 0.844. The minimum absolute atomic E-state index is 0.0887. The average Bonchev–Trinajstić information content (AvgIpc) is 3.32. The predicted octanol–water partition coefficient (Wildman–Crippen LogP) is 6.87. The molecule has 2 nitrogen and oxygen atoms in total. The maximum Gasteiger partial charge on any atom is 0.201 e. The van der Waals surface area contributed by atoms with Gasteiger partial charge in [0.1, 0.15) is 5.75 Å². The Morgan fingerprint density at radius 1 is 0.862 bits per heavy atom. The Morgan fingerprint density at radius 2 is 1.55 bits per heavy atom. The number of fused-ring (bicyclic) bond motifs is 1. The van der Waals surface area contributed by atoms with Gasteiger partial charge in [0, 0.05) is 5.56 Å². The molecule has 2 aliphatic rings. The molecule has 0 bridgehead atoms. The van der Waals surface area contributed by atoms with Gasteiger partial charge in [-0.1, -0.05) is 31.9 Å². The second-order valence-electron chi connectivity index (χ2n) is 8.57. The van der Waals surface area contributed by atoms with Crippen molar-refractivity contribution in [1.82, 2.24) is 0 Å². The molecule has 4 rings (SSSR count). The molecule has 2 aliphatic carbocycles. The first-order valence-corrected chi connectivity index (χ1v) is 10.9. The highest BCUT2D eigenvalue weighted by atomic mass is 19.2. The van der Waals surface area contributed by atoms with Gasteiger partial charge < -0.3 is 9.47 Å². The quantitative estimate of drug-likeness (QED) is 0.505. The van der Waals surface area contributed by atoms with Gasteiger partial charge in [-0.2, -0.15) is 4.39 Å². The van der Waals surface area contributed by atoms with Crippen molar-refractivity contribution in [1.29, 1.82) is 0 Å². The standard InChI is InChI=1S/C25H30F2O2/c1-3-4-16-7-11-21-18(8-12-20(16)21)15-29-19-9-5-17(6-10-19)22-13-14-23(28-2)25(27)24(22)26/h5-6,9-10,13-14,16,18,20-21H,3-4,7-8,11-12,15H2,1-2H3. The molecule has 4 unspecified atom stereocenters. The third-order valence-corrected chi connectivity index (χ3v) is 7.06. The van der Waals surface area contributed by atoms with E-state index in [1.54, 1.807) is 18.2 Å². The maximum absolute atomic E-state index is 14.3. The minimum Gasteiger partial charge on any atom is -0.494 e. The summed E-state index contributed by atoms with van der Waals surface area (Å²) in [7, 11) is 1.33.